The number of hydrogen-bond acceptors (Lipinski definition) is 4. The number of anilines is 1. The summed E-state index contributed by atoms with van der Waals surface area (Å²) in [4.78, 5) is 15.7. The summed E-state index contributed by atoms with van der Waals surface area (Å²) in [5.74, 6) is -0.387. The van der Waals surface area contributed by atoms with Crippen LogP contribution in [-0.4, -0.2) is 17.6 Å². The molecule has 2 rings (SSSR count). The predicted molar refractivity (Wildman–Crippen MR) is 69.1 cm³/mol. The maximum atomic E-state index is 11.7. The Labute approximate surface area is 105 Å². The lowest BCUT2D eigenvalue weighted by Crippen LogP contribution is -2.10. The number of ether oxygens (including phenoxy) is 1. The third-order valence-corrected chi connectivity index (χ3v) is 2.55. The van der Waals surface area contributed by atoms with E-state index in [2.05, 4.69) is 4.98 Å². The van der Waals surface area contributed by atoms with Crippen LogP contribution in [-0.2, 0) is 11.2 Å². The van der Waals surface area contributed by atoms with Gasteiger partial charge in [0.2, 0.25) is 0 Å². The maximum absolute atomic E-state index is 11.7. The van der Waals surface area contributed by atoms with Gasteiger partial charge in [-0.05, 0) is 29.8 Å². The summed E-state index contributed by atoms with van der Waals surface area (Å²) in [6.45, 7) is 0.331. The molecule has 0 aliphatic rings. The second-order valence-electron chi connectivity index (χ2n) is 3.83. The average Bonchev–Trinajstić information content (AvgIpc) is 2.40. The predicted octanol–water partition coefficient (Wildman–Crippen LogP) is 2.06. The van der Waals surface area contributed by atoms with E-state index in [4.69, 9.17) is 10.5 Å². The lowest BCUT2D eigenvalue weighted by atomic mass is 10.2. The molecule has 0 amide bonds. The van der Waals surface area contributed by atoms with Crippen LogP contribution in [0.5, 0.6) is 0 Å². The van der Waals surface area contributed by atoms with Gasteiger partial charge >= 0.3 is 5.97 Å². The lowest BCUT2D eigenvalue weighted by molar-refractivity contribution is 0.0510. The van der Waals surface area contributed by atoms with Crippen molar-refractivity contribution in [3.05, 3.63) is 59.9 Å². The first-order valence-electron chi connectivity index (χ1n) is 5.68. The van der Waals surface area contributed by atoms with Gasteiger partial charge in [0.1, 0.15) is 0 Å². The number of carbonyl (C=O) groups is 1. The van der Waals surface area contributed by atoms with Gasteiger partial charge in [-0.3, -0.25) is 4.98 Å². The summed E-state index contributed by atoms with van der Waals surface area (Å²) in [6.07, 6.45) is 4.10. The highest BCUT2D eigenvalue weighted by Crippen LogP contribution is 2.12. The SMILES string of the molecule is Nc1ccccc1C(=O)OCCc1ccncc1. The molecule has 4 nitrogen and oxygen atoms in total. The molecule has 18 heavy (non-hydrogen) atoms. The number of pyridine rings is 1. The second-order valence-corrected chi connectivity index (χ2v) is 3.83. The quantitative estimate of drug-likeness (QED) is 0.658. The van der Waals surface area contributed by atoms with E-state index < -0.39 is 0 Å². The van der Waals surface area contributed by atoms with E-state index in [9.17, 15) is 4.79 Å². The van der Waals surface area contributed by atoms with Crippen molar-refractivity contribution >= 4 is 11.7 Å². The van der Waals surface area contributed by atoms with Crippen LogP contribution in [0.4, 0.5) is 5.69 Å². The van der Waals surface area contributed by atoms with Crippen molar-refractivity contribution in [2.45, 2.75) is 6.42 Å². The Balaban J connectivity index is 1.88. The van der Waals surface area contributed by atoms with Crippen LogP contribution in [0.15, 0.2) is 48.8 Å². The molecule has 2 aromatic rings. The van der Waals surface area contributed by atoms with Crippen molar-refractivity contribution in [3.8, 4) is 0 Å². The number of para-hydroxylation sites is 1. The van der Waals surface area contributed by atoms with Crippen molar-refractivity contribution < 1.29 is 9.53 Å². The Bertz CT molecular complexity index is 526. The van der Waals surface area contributed by atoms with E-state index in [0.717, 1.165) is 5.56 Å². The van der Waals surface area contributed by atoms with E-state index in [-0.39, 0.29) is 5.97 Å². The van der Waals surface area contributed by atoms with Crippen molar-refractivity contribution in [1.82, 2.24) is 4.98 Å². The van der Waals surface area contributed by atoms with Crippen LogP contribution in [0.1, 0.15) is 15.9 Å². The van der Waals surface area contributed by atoms with Gasteiger partial charge in [0.25, 0.3) is 0 Å². The van der Waals surface area contributed by atoms with Crippen molar-refractivity contribution in [2.24, 2.45) is 0 Å². The summed E-state index contributed by atoms with van der Waals surface area (Å²) in [7, 11) is 0. The molecule has 92 valence electrons. The number of carbonyl (C=O) groups excluding carboxylic acids is 1. The normalized spacial score (nSPS) is 10.0. The molecule has 1 heterocycles. The monoisotopic (exact) mass is 242 g/mol. The summed E-state index contributed by atoms with van der Waals surface area (Å²) >= 11 is 0. The molecule has 0 saturated heterocycles. The number of benzene rings is 1. The zero-order valence-corrected chi connectivity index (χ0v) is 9.87. The zero-order chi connectivity index (χ0) is 12.8. The maximum Gasteiger partial charge on any atom is 0.340 e. The van der Waals surface area contributed by atoms with E-state index in [1.807, 2.05) is 12.1 Å². The minimum Gasteiger partial charge on any atom is -0.462 e. The molecular formula is C14H14N2O2. The Morgan fingerprint density at radius 3 is 2.61 bits per heavy atom. The molecule has 0 aliphatic carbocycles. The van der Waals surface area contributed by atoms with Crippen LogP contribution in [0.3, 0.4) is 0 Å². The number of esters is 1. The van der Waals surface area contributed by atoms with Gasteiger partial charge in [-0.15, -0.1) is 0 Å². The average molecular weight is 242 g/mol. The topological polar surface area (TPSA) is 65.2 Å². The molecule has 0 unspecified atom stereocenters. The number of nitrogens with two attached hydrogens (primary N) is 1. The smallest absolute Gasteiger partial charge is 0.340 e. The molecule has 2 N–H and O–H groups in total. The van der Waals surface area contributed by atoms with Crippen LogP contribution in [0.25, 0.3) is 0 Å². The molecular weight excluding hydrogens is 228 g/mol. The zero-order valence-electron chi connectivity index (χ0n) is 9.87. The molecule has 0 aliphatic heterocycles. The highest BCUT2D eigenvalue weighted by atomic mass is 16.5. The number of hydrogen-bond donors (Lipinski definition) is 1. The van der Waals surface area contributed by atoms with Gasteiger partial charge in [0, 0.05) is 24.5 Å². The molecule has 0 fully saturated rings. The van der Waals surface area contributed by atoms with Crippen LogP contribution in [0, 0.1) is 0 Å². The van der Waals surface area contributed by atoms with E-state index in [1.165, 1.54) is 0 Å². The fraction of sp³-hybridized carbons (Fsp3) is 0.143. The van der Waals surface area contributed by atoms with Gasteiger partial charge in [-0.1, -0.05) is 12.1 Å². The molecule has 0 radical (unpaired) electrons. The first-order valence-corrected chi connectivity index (χ1v) is 5.68. The van der Waals surface area contributed by atoms with Gasteiger partial charge < -0.3 is 10.5 Å². The van der Waals surface area contributed by atoms with Crippen molar-refractivity contribution in [2.75, 3.05) is 12.3 Å². The molecule has 4 heteroatoms. The largest absolute Gasteiger partial charge is 0.462 e. The fourth-order valence-electron chi connectivity index (χ4n) is 1.57. The minimum absolute atomic E-state index is 0.331. The van der Waals surface area contributed by atoms with Crippen molar-refractivity contribution in [1.29, 1.82) is 0 Å². The first-order chi connectivity index (χ1) is 8.77. The summed E-state index contributed by atoms with van der Waals surface area (Å²) in [5, 5.41) is 0. The molecule has 0 spiro atoms. The molecule has 0 saturated carbocycles. The molecule has 0 bridgehead atoms. The van der Waals surface area contributed by atoms with E-state index >= 15 is 0 Å². The Hall–Kier alpha value is -2.36. The molecule has 0 atom stereocenters. The summed E-state index contributed by atoms with van der Waals surface area (Å²) < 4.78 is 5.17. The van der Waals surface area contributed by atoms with E-state index in [1.54, 1.807) is 36.7 Å². The van der Waals surface area contributed by atoms with Gasteiger partial charge in [-0.2, -0.15) is 0 Å². The third-order valence-electron chi connectivity index (χ3n) is 2.55. The minimum atomic E-state index is -0.387. The van der Waals surface area contributed by atoms with Gasteiger partial charge in [0.05, 0.1) is 12.2 Å². The summed E-state index contributed by atoms with van der Waals surface area (Å²) in [6, 6.07) is 10.7. The number of rotatable bonds is 4. The van der Waals surface area contributed by atoms with E-state index in [0.29, 0.717) is 24.3 Å². The molecule has 1 aromatic carbocycles. The highest BCUT2D eigenvalue weighted by molar-refractivity contribution is 5.94. The van der Waals surface area contributed by atoms with Gasteiger partial charge in [-0.25, -0.2) is 4.79 Å². The molecule has 1 aromatic heterocycles. The third kappa shape index (κ3) is 3.07. The van der Waals surface area contributed by atoms with Crippen LogP contribution in [0.2, 0.25) is 0 Å². The second kappa shape index (κ2) is 5.82. The Morgan fingerprint density at radius 2 is 1.89 bits per heavy atom. The van der Waals surface area contributed by atoms with Gasteiger partial charge in [0.15, 0.2) is 0 Å². The lowest BCUT2D eigenvalue weighted by Gasteiger charge is -2.06. The van der Waals surface area contributed by atoms with Crippen molar-refractivity contribution in [3.63, 3.8) is 0 Å². The van der Waals surface area contributed by atoms with Crippen LogP contribution >= 0.6 is 0 Å². The fourth-order valence-corrected chi connectivity index (χ4v) is 1.57. The summed E-state index contributed by atoms with van der Waals surface area (Å²) in [5.41, 5.74) is 7.62. The Kier molecular flexibility index (Phi) is 3.91. The van der Waals surface area contributed by atoms with Crippen LogP contribution < -0.4 is 5.73 Å². The first kappa shape index (κ1) is 12.1. The number of nitrogen functional groups attached to an aromatic ring is 1. The standard InChI is InChI=1S/C14H14N2O2/c15-13-4-2-1-3-12(13)14(17)18-10-7-11-5-8-16-9-6-11/h1-6,8-9H,7,10,15H2. The number of aromatic nitrogens is 1. The Morgan fingerprint density at radius 1 is 1.17 bits per heavy atom. The highest BCUT2D eigenvalue weighted by Gasteiger charge is 2.09. The number of nitrogens with zero attached hydrogens (tertiary/aromatic N) is 1.